The minimum atomic E-state index is -0.312. The van der Waals surface area contributed by atoms with E-state index >= 15 is 0 Å². The van der Waals surface area contributed by atoms with Gasteiger partial charge in [0.05, 0.1) is 29.6 Å². The molecule has 1 atom stereocenters. The summed E-state index contributed by atoms with van der Waals surface area (Å²) in [6, 6.07) is 5.26. The minimum absolute atomic E-state index is 0.211. The van der Waals surface area contributed by atoms with Gasteiger partial charge in [0.2, 0.25) is 0 Å². The Morgan fingerprint density at radius 3 is 2.91 bits per heavy atom. The van der Waals surface area contributed by atoms with Crippen LogP contribution in [-0.2, 0) is 11.2 Å². The van der Waals surface area contributed by atoms with E-state index in [0.29, 0.717) is 12.2 Å². The molecule has 2 heterocycles. The Kier molecular flexibility index (Phi) is 5.97. The molecule has 6 nitrogen and oxygen atoms in total. The van der Waals surface area contributed by atoms with Crippen molar-refractivity contribution in [2.75, 3.05) is 13.7 Å². The number of rotatable bonds is 7. The van der Waals surface area contributed by atoms with Crippen LogP contribution in [-0.4, -0.2) is 34.6 Å². The van der Waals surface area contributed by atoms with Crippen LogP contribution in [0, 0.1) is 0 Å². The lowest BCUT2D eigenvalue weighted by atomic mass is 10.1. The van der Waals surface area contributed by atoms with Gasteiger partial charge in [-0.1, -0.05) is 19.4 Å². The van der Waals surface area contributed by atoms with Crippen molar-refractivity contribution in [2.45, 2.75) is 25.8 Å². The Hall–Kier alpha value is -2.34. The lowest BCUT2D eigenvalue weighted by molar-refractivity contribution is 0.0892. The van der Waals surface area contributed by atoms with Gasteiger partial charge in [0, 0.05) is 19.5 Å². The maximum absolute atomic E-state index is 12.5. The topological polar surface area (TPSA) is 77.0 Å². The van der Waals surface area contributed by atoms with Crippen molar-refractivity contribution in [3.8, 4) is 0 Å². The zero-order valence-corrected chi connectivity index (χ0v) is 12.8. The minimum Gasteiger partial charge on any atom is -0.382 e. The molecule has 2 aromatic heterocycles. The number of carbonyl (C=O) groups excluding carboxylic acids is 1. The first kappa shape index (κ1) is 16.0. The standard InChI is InChI=1S/C16H20N4O2/c1-3-6-13-12(9-17-11-19-13)16(21)20-15(10-22-2)14-7-4-5-8-18-14/h4-5,7-9,11,15H,3,6,10H2,1-2H3,(H,20,21)/t15-/m1/s1. The summed E-state index contributed by atoms with van der Waals surface area (Å²) >= 11 is 0. The number of hydrogen-bond donors (Lipinski definition) is 1. The number of amides is 1. The molecule has 0 bridgehead atoms. The SMILES string of the molecule is CCCc1ncncc1C(=O)N[C@H](COC)c1ccccn1. The fourth-order valence-corrected chi connectivity index (χ4v) is 2.17. The third-order valence-electron chi connectivity index (χ3n) is 3.21. The van der Waals surface area contributed by atoms with E-state index in [1.54, 1.807) is 19.5 Å². The molecule has 0 unspecified atom stereocenters. The summed E-state index contributed by atoms with van der Waals surface area (Å²) < 4.78 is 5.19. The summed E-state index contributed by atoms with van der Waals surface area (Å²) in [5, 5.41) is 2.94. The highest BCUT2D eigenvalue weighted by molar-refractivity contribution is 5.95. The lowest BCUT2D eigenvalue weighted by Gasteiger charge is -2.18. The van der Waals surface area contributed by atoms with E-state index in [9.17, 15) is 4.79 Å². The van der Waals surface area contributed by atoms with Gasteiger partial charge >= 0.3 is 0 Å². The highest BCUT2D eigenvalue weighted by atomic mass is 16.5. The Balaban J connectivity index is 2.18. The van der Waals surface area contributed by atoms with E-state index in [2.05, 4.69) is 20.3 Å². The molecule has 116 valence electrons. The average molecular weight is 300 g/mol. The fourth-order valence-electron chi connectivity index (χ4n) is 2.17. The van der Waals surface area contributed by atoms with Crippen LogP contribution in [0.2, 0.25) is 0 Å². The largest absolute Gasteiger partial charge is 0.382 e. The zero-order chi connectivity index (χ0) is 15.8. The molecule has 0 aliphatic carbocycles. The second-order valence-corrected chi connectivity index (χ2v) is 4.87. The smallest absolute Gasteiger partial charge is 0.255 e. The van der Waals surface area contributed by atoms with Crippen molar-refractivity contribution in [1.82, 2.24) is 20.3 Å². The van der Waals surface area contributed by atoms with Gasteiger partial charge in [-0.25, -0.2) is 9.97 Å². The Morgan fingerprint density at radius 1 is 1.36 bits per heavy atom. The van der Waals surface area contributed by atoms with Crippen molar-refractivity contribution in [1.29, 1.82) is 0 Å². The Labute approximate surface area is 130 Å². The number of hydrogen-bond acceptors (Lipinski definition) is 5. The van der Waals surface area contributed by atoms with E-state index < -0.39 is 0 Å². The van der Waals surface area contributed by atoms with Crippen LogP contribution in [0.3, 0.4) is 0 Å². The van der Waals surface area contributed by atoms with Crippen molar-refractivity contribution >= 4 is 5.91 Å². The van der Waals surface area contributed by atoms with E-state index in [4.69, 9.17) is 4.74 Å². The number of ether oxygens (including phenoxy) is 1. The van der Waals surface area contributed by atoms with Crippen LogP contribution in [0.4, 0.5) is 0 Å². The molecule has 0 saturated heterocycles. The average Bonchev–Trinajstić information content (AvgIpc) is 2.56. The van der Waals surface area contributed by atoms with Gasteiger partial charge in [0.1, 0.15) is 6.33 Å². The number of aromatic nitrogens is 3. The van der Waals surface area contributed by atoms with Gasteiger partial charge in [-0.05, 0) is 18.6 Å². The molecule has 6 heteroatoms. The predicted octanol–water partition coefficient (Wildman–Crippen LogP) is 1.94. The van der Waals surface area contributed by atoms with Gasteiger partial charge in [0.25, 0.3) is 5.91 Å². The molecule has 0 saturated carbocycles. The molecule has 1 amide bonds. The number of nitrogens with one attached hydrogen (secondary N) is 1. The first-order chi connectivity index (χ1) is 10.8. The maximum atomic E-state index is 12.5. The van der Waals surface area contributed by atoms with Gasteiger partial charge in [-0.2, -0.15) is 0 Å². The van der Waals surface area contributed by atoms with Crippen molar-refractivity contribution in [2.24, 2.45) is 0 Å². The third kappa shape index (κ3) is 4.08. The molecule has 0 spiro atoms. The highest BCUT2D eigenvalue weighted by Crippen LogP contribution is 2.13. The molecule has 0 aliphatic heterocycles. The van der Waals surface area contributed by atoms with Crippen LogP contribution >= 0.6 is 0 Å². The molecule has 2 aromatic rings. The van der Waals surface area contributed by atoms with E-state index in [-0.39, 0.29) is 11.9 Å². The first-order valence-corrected chi connectivity index (χ1v) is 7.25. The Bertz CT molecular complexity index is 604. The van der Waals surface area contributed by atoms with Crippen LogP contribution in [0.1, 0.15) is 41.1 Å². The molecule has 1 N–H and O–H groups in total. The third-order valence-corrected chi connectivity index (χ3v) is 3.21. The van der Waals surface area contributed by atoms with Crippen molar-refractivity contribution in [3.05, 3.63) is 53.9 Å². The van der Waals surface area contributed by atoms with E-state index in [1.807, 2.05) is 25.1 Å². The second-order valence-electron chi connectivity index (χ2n) is 4.87. The quantitative estimate of drug-likeness (QED) is 0.845. The van der Waals surface area contributed by atoms with Crippen molar-refractivity contribution in [3.63, 3.8) is 0 Å². The normalized spacial score (nSPS) is 11.9. The number of nitrogens with zero attached hydrogens (tertiary/aromatic N) is 3. The molecular weight excluding hydrogens is 280 g/mol. The van der Waals surface area contributed by atoms with Gasteiger partial charge in [-0.15, -0.1) is 0 Å². The van der Waals surface area contributed by atoms with E-state index in [0.717, 1.165) is 24.2 Å². The molecule has 2 rings (SSSR count). The number of methoxy groups -OCH3 is 1. The number of carbonyl (C=O) groups is 1. The summed E-state index contributed by atoms with van der Waals surface area (Å²) in [7, 11) is 1.59. The zero-order valence-electron chi connectivity index (χ0n) is 12.8. The monoisotopic (exact) mass is 300 g/mol. The molecule has 0 fully saturated rings. The van der Waals surface area contributed by atoms with Crippen molar-refractivity contribution < 1.29 is 9.53 Å². The molecular formula is C16H20N4O2. The van der Waals surface area contributed by atoms with Crippen LogP contribution in [0.25, 0.3) is 0 Å². The summed E-state index contributed by atoms with van der Waals surface area (Å²) in [5.41, 5.74) is 2.01. The van der Waals surface area contributed by atoms with Crippen LogP contribution in [0.5, 0.6) is 0 Å². The van der Waals surface area contributed by atoms with Gasteiger partial charge in [0.15, 0.2) is 0 Å². The van der Waals surface area contributed by atoms with Crippen LogP contribution in [0.15, 0.2) is 36.9 Å². The second kappa shape index (κ2) is 8.19. The highest BCUT2D eigenvalue weighted by Gasteiger charge is 2.19. The molecule has 0 radical (unpaired) electrons. The summed E-state index contributed by atoms with van der Waals surface area (Å²) in [6.07, 6.45) is 6.36. The van der Waals surface area contributed by atoms with Gasteiger partial charge < -0.3 is 10.1 Å². The van der Waals surface area contributed by atoms with E-state index in [1.165, 1.54) is 6.33 Å². The summed E-state index contributed by atoms with van der Waals surface area (Å²) in [5.74, 6) is -0.211. The fraction of sp³-hybridized carbons (Fsp3) is 0.375. The summed E-state index contributed by atoms with van der Waals surface area (Å²) in [4.78, 5) is 25.0. The summed E-state index contributed by atoms with van der Waals surface area (Å²) in [6.45, 7) is 2.39. The lowest BCUT2D eigenvalue weighted by Crippen LogP contribution is -2.32. The molecule has 0 aromatic carbocycles. The molecule has 22 heavy (non-hydrogen) atoms. The predicted molar refractivity (Wildman–Crippen MR) is 82.3 cm³/mol. The number of pyridine rings is 1. The maximum Gasteiger partial charge on any atom is 0.255 e. The number of aryl methyl sites for hydroxylation is 1. The first-order valence-electron chi connectivity index (χ1n) is 7.25. The molecule has 0 aliphatic rings. The van der Waals surface area contributed by atoms with Crippen LogP contribution < -0.4 is 5.32 Å². The van der Waals surface area contributed by atoms with Gasteiger partial charge in [-0.3, -0.25) is 9.78 Å². The Morgan fingerprint density at radius 2 is 2.23 bits per heavy atom.